The van der Waals surface area contributed by atoms with Crippen LogP contribution in [0.25, 0.3) is 96.6 Å². The van der Waals surface area contributed by atoms with Gasteiger partial charge in [-0.3, -0.25) is 0 Å². The monoisotopic (exact) mass is 777 g/mol. The smallest absolute Gasteiger partial charge is 0.0553 e. The lowest BCUT2D eigenvalue weighted by molar-refractivity contribution is 1.30. The molecule has 0 spiro atoms. The zero-order chi connectivity index (χ0) is 39.6. The van der Waals surface area contributed by atoms with Gasteiger partial charge in [0.15, 0.2) is 0 Å². The van der Waals surface area contributed by atoms with Crippen LogP contribution in [0.1, 0.15) is 0 Å². The number of hydrogen-bond donors (Lipinski definition) is 0. The SMILES string of the molecule is c1ccc2c(N(c3ccc(-c4c(-c5ccccc5)c5ccccc5c5ccccc45)cc3)c3ccc(-c4cccc5c4sc4ccccc45)cc3)cc3ccccc3c2c#1. The molecule has 0 unspecified atom stereocenters. The van der Waals surface area contributed by atoms with Gasteiger partial charge < -0.3 is 4.90 Å². The summed E-state index contributed by atoms with van der Waals surface area (Å²) in [7, 11) is 0. The van der Waals surface area contributed by atoms with Gasteiger partial charge in [0.05, 0.1) is 5.69 Å². The molecule has 0 atom stereocenters. The second-order valence-corrected chi connectivity index (χ2v) is 16.5. The fourth-order valence-electron chi connectivity index (χ4n) is 9.39. The van der Waals surface area contributed by atoms with Gasteiger partial charge >= 0.3 is 0 Å². The van der Waals surface area contributed by atoms with Crippen molar-refractivity contribution in [3.8, 4) is 33.4 Å². The van der Waals surface area contributed by atoms with E-state index in [1.54, 1.807) is 0 Å². The maximum absolute atomic E-state index is 3.48. The van der Waals surface area contributed by atoms with Gasteiger partial charge in [-0.05, 0) is 114 Å². The summed E-state index contributed by atoms with van der Waals surface area (Å²) in [4.78, 5) is 2.41. The fourth-order valence-corrected chi connectivity index (χ4v) is 10.6. The van der Waals surface area contributed by atoms with Crippen LogP contribution in [0.4, 0.5) is 17.1 Å². The Hall–Kier alpha value is -7.70. The Kier molecular flexibility index (Phi) is 8.01. The molecular weight excluding hydrogens is 743 g/mol. The van der Waals surface area contributed by atoms with Crippen molar-refractivity contribution in [2.24, 2.45) is 0 Å². The van der Waals surface area contributed by atoms with E-state index in [2.05, 4.69) is 223 Å². The molecule has 0 bridgehead atoms. The van der Waals surface area contributed by atoms with Crippen molar-refractivity contribution in [2.45, 2.75) is 0 Å². The van der Waals surface area contributed by atoms with E-state index in [1.807, 2.05) is 17.4 Å². The third kappa shape index (κ3) is 5.48. The van der Waals surface area contributed by atoms with Crippen LogP contribution in [0.2, 0.25) is 0 Å². The first-order valence-electron chi connectivity index (χ1n) is 20.4. The summed E-state index contributed by atoms with van der Waals surface area (Å²) < 4.78 is 2.64. The molecule has 0 aliphatic heterocycles. The highest BCUT2D eigenvalue weighted by Gasteiger charge is 2.21. The van der Waals surface area contributed by atoms with Crippen LogP contribution in [0.5, 0.6) is 0 Å². The zero-order valence-corrected chi connectivity index (χ0v) is 33.4. The highest BCUT2D eigenvalue weighted by molar-refractivity contribution is 7.26. The van der Waals surface area contributed by atoms with Crippen molar-refractivity contribution in [2.75, 3.05) is 4.90 Å². The molecule has 60 heavy (non-hydrogen) atoms. The quantitative estimate of drug-likeness (QED) is 0.152. The zero-order valence-electron chi connectivity index (χ0n) is 32.6. The first-order chi connectivity index (χ1) is 29.8. The van der Waals surface area contributed by atoms with E-state index in [0.717, 1.165) is 27.8 Å². The predicted octanol–water partition coefficient (Wildman–Crippen LogP) is 16.7. The third-order valence-electron chi connectivity index (χ3n) is 12.1. The summed E-state index contributed by atoms with van der Waals surface area (Å²) in [6, 6.07) is 84.1. The van der Waals surface area contributed by atoms with E-state index in [-0.39, 0.29) is 0 Å². The lowest BCUT2D eigenvalue weighted by Crippen LogP contribution is -2.10. The molecular formula is C58H35NS. The second kappa shape index (κ2) is 14.0. The average molecular weight is 778 g/mol. The van der Waals surface area contributed by atoms with Gasteiger partial charge in [-0.15, -0.1) is 11.3 Å². The molecule has 0 N–H and O–H groups in total. The standard InChI is InChI=1S/C58H35NS/c1-2-15-39(16-3-1)56-51-24-10-7-20-47(51)48-21-8-11-25-52(48)57(56)40-31-35-43(36-32-40)59(54-37-41-17-4-5-18-44(41)46-19-6-9-22-49(46)54)42-33-29-38(30-34-42)45-26-14-27-53-50-23-12-13-28-55(50)60-58(45)53/h1-5,7-18,20-37H. The van der Waals surface area contributed by atoms with Crippen LogP contribution in [-0.2, 0) is 0 Å². The van der Waals surface area contributed by atoms with E-state index in [4.69, 9.17) is 0 Å². The maximum atomic E-state index is 3.48. The van der Waals surface area contributed by atoms with E-state index in [1.165, 1.54) is 85.9 Å². The van der Waals surface area contributed by atoms with E-state index < -0.39 is 0 Å². The van der Waals surface area contributed by atoms with Crippen LogP contribution in [0.3, 0.4) is 0 Å². The van der Waals surface area contributed by atoms with Crippen molar-refractivity contribution in [3.63, 3.8) is 0 Å². The number of nitrogens with zero attached hydrogens (tertiary/aromatic N) is 1. The van der Waals surface area contributed by atoms with E-state index in [0.29, 0.717) is 0 Å². The lowest BCUT2D eigenvalue weighted by Gasteiger charge is -2.28. The molecule has 12 rings (SSSR count). The second-order valence-electron chi connectivity index (χ2n) is 15.4. The van der Waals surface area contributed by atoms with Crippen LogP contribution in [0.15, 0.2) is 212 Å². The maximum Gasteiger partial charge on any atom is 0.0553 e. The minimum absolute atomic E-state index is 1.07. The molecule has 1 aromatic heterocycles. The van der Waals surface area contributed by atoms with Crippen molar-refractivity contribution < 1.29 is 0 Å². The van der Waals surface area contributed by atoms with Crippen molar-refractivity contribution in [3.05, 3.63) is 224 Å². The Morgan fingerprint density at radius 2 is 0.933 bits per heavy atom. The van der Waals surface area contributed by atoms with Gasteiger partial charge in [0, 0.05) is 42.3 Å². The molecule has 11 aromatic carbocycles. The van der Waals surface area contributed by atoms with Gasteiger partial charge in [-0.25, -0.2) is 0 Å². The Labute approximate surface area is 352 Å². The van der Waals surface area contributed by atoms with Gasteiger partial charge in [-0.1, -0.05) is 176 Å². The van der Waals surface area contributed by atoms with Gasteiger partial charge in [0.1, 0.15) is 0 Å². The number of rotatable bonds is 6. The molecule has 278 valence electrons. The van der Waals surface area contributed by atoms with E-state index >= 15 is 0 Å². The molecule has 2 heteroatoms. The molecule has 0 aliphatic rings. The van der Waals surface area contributed by atoms with Crippen molar-refractivity contribution >= 4 is 91.7 Å². The van der Waals surface area contributed by atoms with Gasteiger partial charge in [-0.2, -0.15) is 0 Å². The summed E-state index contributed by atoms with van der Waals surface area (Å²) >= 11 is 1.87. The van der Waals surface area contributed by atoms with Gasteiger partial charge in [0.2, 0.25) is 0 Å². The minimum Gasteiger partial charge on any atom is -0.310 e. The Balaban J connectivity index is 1.06. The Morgan fingerprint density at radius 1 is 0.383 bits per heavy atom. The molecule has 1 heterocycles. The molecule has 0 fully saturated rings. The topological polar surface area (TPSA) is 3.24 Å². The molecule has 0 saturated carbocycles. The summed E-state index contributed by atoms with van der Waals surface area (Å²) in [5.74, 6) is 0. The number of anilines is 3. The van der Waals surface area contributed by atoms with Crippen LogP contribution in [0, 0.1) is 12.1 Å². The summed E-state index contributed by atoms with van der Waals surface area (Å²) in [5.41, 5.74) is 10.6. The van der Waals surface area contributed by atoms with E-state index in [9.17, 15) is 0 Å². The number of hydrogen-bond acceptors (Lipinski definition) is 2. The molecule has 0 radical (unpaired) electrons. The summed E-state index contributed by atoms with van der Waals surface area (Å²) in [6.07, 6.45) is 0. The molecule has 0 aliphatic carbocycles. The third-order valence-corrected chi connectivity index (χ3v) is 13.3. The molecule has 12 aromatic rings. The summed E-state index contributed by atoms with van der Waals surface area (Å²) in [5, 5.41) is 12.2. The molecule has 0 saturated heterocycles. The molecule has 0 amide bonds. The van der Waals surface area contributed by atoms with Crippen LogP contribution < -0.4 is 4.90 Å². The Morgan fingerprint density at radius 3 is 1.63 bits per heavy atom. The average Bonchev–Trinajstić information content (AvgIpc) is 3.71. The fraction of sp³-hybridized carbons (Fsp3) is 0. The lowest BCUT2D eigenvalue weighted by atomic mass is 9.85. The number of fused-ring (bicyclic) bond motifs is 9. The summed E-state index contributed by atoms with van der Waals surface area (Å²) in [6.45, 7) is 0. The molecule has 1 nitrogen and oxygen atoms in total. The van der Waals surface area contributed by atoms with Crippen LogP contribution in [-0.4, -0.2) is 0 Å². The highest BCUT2D eigenvalue weighted by atomic mass is 32.1. The first kappa shape index (κ1) is 34.4. The highest BCUT2D eigenvalue weighted by Crippen LogP contribution is 2.47. The number of thiophene rings is 1. The number of benzene rings is 10. The van der Waals surface area contributed by atoms with Crippen molar-refractivity contribution in [1.29, 1.82) is 0 Å². The van der Waals surface area contributed by atoms with Gasteiger partial charge in [0.25, 0.3) is 0 Å². The van der Waals surface area contributed by atoms with Crippen molar-refractivity contribution in [1.82, 2.24) is 0 Å². The van der Waals surface area contributed by atoms with Crippen LogP contribution >= 0.6 is 11.3 Å². The Bertz CT molecular complexity index is 3580. The normalized spacial score (nSPS) is 11.5. The predicted molar refractivity (Wildman–Crippen MR) is 258 cm³/mol. The largest absolute Gasteiger partial charge is 0.310 e. The first-order valence-corrected chi connectivity index (χ1v) is 21.2. The minimum atomic E-state index is 1.07.